The molecular weight excluding hydrogens is 328 g/mol. The first kappa shape index (κ1) is 16.8. The quantitative estimate of drug-likeness (QED) is 0.908. The lowest BCUT2D eigenvalue weighted by Crippen LogP contribution is -2.46. The van der Waals surface area contributed by atoms with E-state index in [-0.39, 0.29) is 12.4 Å². The molecule has 0 spiro atoms. The molecule has 2 rings (SSSR count). The molecule has 19 heavy (non-hydrogen) atoms. The summed E-state index contributed by atoms with van der Waals surface area (Å²) < 4.78 is 6.80. The highest BCUT2D eigenvalue weighted by molar-refractivity contribution is 9.10. The van der Waals surface area contributed by atoms with Gasteiger partial charge >= 0.3 is 0 Å². The molecule has 3 nitrogen and oxygen atoms in total. The van der Waals surface area contributed by atoms with Gasteiger partial charge in [-0.3, -0.25) is 4.90 Å². The Morgan fingerprint density at radius 2 is 2.26 bits per heavy atom. The molecule has 0 amide bonds. The fourth-order valence-corrected chi connectivity index (χ4v) is 2.68. The van der Waals surface area contributed by atoms with Crippen molar-refractivity contribution < 1.29 is 4.74 Å². The van der Waals surface area contributed by atoms with Crippen molar-refractivity contribution in [1.29, 1.82) is 0 Å². The van der Waals surface area contributed by atoms with Gasteiger partial charge in [-0.15, -0.1) is 12.4 Å². The van der Waals surface area contributed by atoms with Crippen LogP contribution in [0.15, 0.2) is 28.7 Å². The van der Waals surface area contributed by atoms with Crippen LogP contribution in [0.4, 0.5) is 0 Å². The van der Waals surface area contributed by atoms with E-state index in [9.17, 15) is 0 Å². The highest BCUT2D eigenvalue weighted by atomic mass is 79.9. The summed E-state index contributed by atoms with van der Waals surface area (Å²) in [6.07, 6.45) is 1.10. The number of ether oxygens (including phenoxy) is 1. The van der Waals surface area contributed by atoms with Crippen molar-refractivity contribution in [3.05, 3.63) is 28.7 Å². The Labute approximate surface area is 130 Å². The first-order valence-corrected chi connectivity index (χ1v) is 7.31. The Balaban J connectivity index is 0.00000180. The number of piperidine rings is 1. The van der Waals surface area contributed by atoms with Crippen molar-refractivity contribution in [3.8, 4) is 5.75 Å². The van der Waals surface area contributed by atoms with Gasteiger partial charge in [0.15, 0.2) is 0 Å². The predicted molar refractivity (Wildman–Crippen MR) is 85.1 cm³/mol. The molecule has 0 bridgehead atoms. The van der Waals surface area contributed by atoms with Crippen LogP contribution in [0.2, 0.25) is 0 Å². The van der Waals surface area contributed by atoms with Crippen LogP contribution < -0.4 is 10.5 Å². The van der Waals surface area contributed by atoms with Gasteiger partial charge in [0.1, 0.15) is 12.4 Å². The summed E-state index contributed by atoms with van der Waals surface area (Å²) >= 11 is 3.44. The van der Waals surface area contributed by atoms with Gasteiger partial charge in [0.2, 0.25) is 0 Å². The Hall–Kier alpha value is -0.290. The maximum absolute atomic E-state index is 6.01. The van der Waals surface area contributed by atoms with E-state index in [1.807, 2.05) is 24.3 Å². The predicted octanol–water partition coefficient (Wildman–Crippen LogP) is 2.92. The van der Waals surface area contributed by atoms with Gasteiger partial charge in [0.05, 0.1) is 0 Å². The minimum Gasteiger partial charge on any atom is -0.492 e. The highest BCUT2D eigenvalue weighted by Gasteiger charge is 2.22. The lowest BCUT2D eigenvalue weighted by molar-refractivity contribution is 0.140. The number of hydrogen-bond donors (Lipinski definition) is 1. The molecule has 1 aliphatic heterocycles. The van der Waals surface area contributed by atoms with E-state index in [4.69, 9.17) is 10.5 Å². The number of nitrogens with two attached hydrogens (primary N) is 1. The van der Waals surface area contributed by atoms with Gasteiger partial charge in [-0.05, 0) is 37.1 Å². The minimum absolute atomic E-state index is 0. The van der Waals surface area contributed by atoms with E-state index < -0.39 is 0 Å². The third-order valence-electron chi connectivity index (χ3n) is 3.53. The lowest BCUT2D eigenvalue weighted by atomic mass is 9.95. The van der Waals surface area contributed by atoms with Crippen molar-refractivity contribution in [3.63, 3.8) is 0 Å². The fourth-order valence-electron chi connectivity index (χ4n) is 2.30. The third kappa shape index (κ3) is 5.30. The Kier molecular flexibility index (Phi) is 7.15. The number of rotatable bonds is 4. The monoisotopic (exact) mass is 348 g/mol. The maximum atomic E-state index is 6.01. The van der Waals surface area contributed by atoms with Crippen molar-refractivity contribution in [2.75, 3.05) is 26.2 Å². The first-order chi connectivity index (χ1) is 8.65. The van der Waals surface area contributed by atoms with E-state index in [0.717, 1.165) is 42.9 Å². The zero-order chi connectivity index (χ0) is 13.0. The first-order valence-electron chi connectivity index (χ1n) is 6.51. The molecule has 108 valence electrons. The molecule has 1 aromatic rings. The summed E-state index contributed by atoms with van der Waals surface area (Å²) in [6.45, 7) is 6.12. The highest BCUT2D eigenvalue weighted by Crippen LogP contribution is 2.18. The molecule has 1 saturated heterocycles. The normalized spacial score (nSPS) is 23.7. The van der Waals surface area contributed by atoms with Crippen LogP contribution in [-0.2, 0) is 0 Å². The summed E-state index contributed by atoms with van der Waals surface area (Å²) in [5.74, 6) is 1.51. The van der Waals surface area contributed by atoms with Crippen molar-refractivity contribution in [2.45, 2.75) is 19.4 Å². The van der Waals surface area contributed by atoms with Gasteiger partial charge < -0.3 is 10.5 Å². The molecule has 2 unspecified atom stereocenters. The summed E-state index contributed by atoms with van der Waals surface area (Å²) in [5.41, 5.74) is 6.01. The fraction of sp³-hybridized carbons (Fsp3) is 0.571. The zero-order valence-corrected chi connectivity index (χ0v) is 13.6. The van der Waals surface area contributed by atoms with Crippen molar-refractivity contribution in [2.24, 2.45) is 11.7 Å². The maximum Gasteiger partial charge on any atom is 0.120 e. The molecule has 0 aliphatic carbocycles. The molecule has 1 aromatic carbocycles. The summed E-state index contributed by atoms with van der Waals surface area (Å²) in [5, 5.41) is 0. The van der Waals surface area contributed by atoms with E-state index in [2.05, 4.69) is 27.8 Å². The molecule has 1 aliphatic rings. The molecule has 0 radical (unpaired) electrons. The lowest BCUT2D eigenvalue weighted by Gasteiger charge is -2.34. The molecule has 2 atom stereocenters. The summed E-state index contributed by atoms with van der Waals surface area (Å²) in [7, 11) is 0. The van der Waals surface area contributed by atoms with Crippen LogP contribution in [0.3, 0.4) is 0 Å². The van der Waals surface area contributed by atoms with Gasteiger partial charge in [-0.2, -0.15) is 0 Å². The zero-order valence-electron chi connectivity index (χ0n) is 11.2. The van der Waals surface area contributed by atoms with Crippen LogP contribution >= 0.6 is 28.3 Å². The molecular formula is C14H22BrClN2O. The Morgan fingerprint density at radius 3 is 2.95 bits per heavy atom. The van der Waals surface area contributed by atoms with Gasteiger partial charge in [0, 0.05) is 23.6 Å². The smallest absolute Gasteiger partial charge is 0.120 e. The Bertz CT molecular complexity index is 391. The number of likely N-dealkylation sites (tertiary alicyclic amines) is 1. The second-order valence-corrected chi connectivity index (χ2v) is 5.95. The SMILES string of the molecule is CC1CN(CCOc2cccc(Br)c2)CCC1N.Cl. The Morgan fingerprint density at radius 1 is 1.47 bits per heavy atom. The summed E-state index contributed by atoms with van der Waals surface area (Å²) in [6, 6.07) is 8.34. The van der Waals surface area contributed by atoms with Crippen LogP contribution in [-0.4, -0.2) is 37.2 Å². The van der Waals surface area contributed by atoms with E-state index in [1.54, 1.807) is 0 Å². The molecule has 2 N–H and O–H groups in total. The number of nitrogens with zero attached hydrogens (tertiary/aromatic N) is 1. The molecule has 0 saturated carbocycles. The summed E-state index contributed by atoms with van der Waals surface area (Å²) in [4.78, 5) is 2.44. The topological polar surface area (TPSA) is 38.5 Å². The average molecular weight is 350 g/mol. The minimum atomic E-state index is 0. The van der Waals surface area contributed by atoms with Crippen molar-refractivity contribution in [1.82, 2.24) is 4.90 Å². The van der Waals surface area contributed by atoms with Gasteiger partial charge in [0.25, 0.3) is 0 Å². The van der Waals surface area contributed by atoms with Crippen LogP contribution in [0.1, 0.15) is 13.3 Å². The van der Waals surface area contributed by atoms with Gasteiger partial charge in [-0.1, -0.05) is 28.9 Å². The average Bonchev–Trinajstić information content (AvgIpc) is 2.34. The third-order valence-corrected chi connectivity index (χ3v) is 4.02. The molecule has 5 heteroatoms. The largest absolute Gasteiger partial charge is 0.492 e. The van der Waals surface area contributed by atoms with E-state index in [0.29, 0.717) is 12.0 Å². The van der Waals surface area contributed by atoms with Crippen LogP contribution in [0.25, 0.3) is 0 Å². The molecule has 0 aromatic heterocycles. The molecule has 1 heterocycles. The second-order valence-electron chi connectivity index (χ2n) is 5.04. The van der Waals surface area contributed by atoms with E-state index >= 15 is 0 Å². The number of hydrogen-bond acceptors (Lipinski definition) is 3. The number of benzene rings is 1. The standard InChI is InChI=1S/C14H21BrN2O.ClH/c1-11-10-17(6-5-14(11)16)7-8-18-13-4-2-3-12(15)9-13;/h2-4,9,11,14H,5-8,10,16H2,1H3;1H. The van der Waals surface area contributed by atoms with Crippen LogP contribution in [0, 0.1) is 5.92 Å². The van der Waals surface area contributed by atoms with Gasteiger partial charge in [-0.25, -0.2) is 0 Å². The molecule has 1 fully saturated rings. The van der Waals surface area contributed by atoms with E-state index in [1.165, 1.54) is 0 Å². The number of halogens is 2. The van der Waals surface area contributed by atoms with Crippen LogP contribution in [0.5, 0.6) is 5.75 Å². The van der Waals surface area contributed by atoms with Crippen molar-refractivity contribution >= 4 is 28.3 Å². The second kappa shape index (κ2) is 8.10.